The number of benzene rings is 1. The Morgan fingerprint density at radius 2 is 1.76 bits per heavy atom. The lowest BCUT2D eigenvalue weighted by molar-refractivity contribution is 0.415. The molecule has 0 aliphatic carbocycles. The van der Waals surface area contributed by atoms with Gasteiger partial charge >= 0.3 is 0 Å². The van der Waals surface area contributed by atoms with Gasteiger partial charge in [-0.25, -0.2) is 4.98 Å². The normalized spacial score (nSPS) is 17.6. The molecule has 1 aromatic carbocycles. The standard InChI is InChI=1S/C27H27N5OS/c1-17-9-8-14-29-26(17)31-18(2)15-22(19(31)3)25-24(23-12-5-6-13-28-23)30-27(34)32(25)20-10-7-11-21(16-20)33-4/h5-16,24-25H,1-4H3,(H,30,34)/t24-,25+/m0/s1. The third-order valence-corrected chi connectivity index (χ3v) is 6.73. The van der Waals surface area contributed by atoms with E-state index in [1.165, 1.54) is 5.56 Å². The van der Waals surface area contributed by atoms with Crippen LogP contribution >= 0.6 is 12.2 Å². The molecule has 0 amide bonds. The molecule has 5 rings (SSSR count). The number of pyridine rings is 2. The quantitative estimate of drug-likeness (QED) is 0.396. The number of nitrogens with one attached hydrogen (secondary N) is 1. The SMILES string of the molecule is COc1cccc(N2C(=S)N[C@@H](c3ccccn3)[C@H]2c2cc(C)n(-c3ncccc3C)c2C)c1. The molecule has 34 heavy (non-hydrogen) atoms. The summed E-state index contributed by atoms with van der Waals surface area (Å²) in [6.07, 6.45) is 3.66. The number of ether oxygens (including phenoxy) is 1. The van der Waals surface area contributed by atoms with Gasteiger partial charge in [-0.05, 0) is 80.5 Å². The minimum absolute atomic E-state index is 0.0986. The molecule has 0 radical (unpaired) electrons. The molecule has 4 aromatic rings. The van der Waals surface area contributed by atoms with Gasteiger partial charge in [0.1, 0.15) is 11.6 Å². The largest absolute Gasteiger partial charge is 0.497 e. The van der Waals surface area contributed by atoms with Crippen molar-refractivity contribution in [3.63, 3.8) is 0 Å². The molecule has 2 atom stereocenters. The summed E-state index contributed by atoms with van der Waals surface area (Å²) in [5.41, 5.74) is 6.47. The van der Waals surface area contributed by atoms with Crippen LogP contribution in [0.3, 0.4) is 0 Å². The number of rotatable bonds is 5. The molecule has 172 valence electrons. The van der Waals surface area contributed by atoms with Crippen LogP contribution < -0.4 is 15.0 Å². The highest BCUT2D eigenvalue weighted by molar-refractivity contribution is 7.80. The number of hydrogen-bond donors (Lipinski definition) is 1. The fourth-order valence-corrected chi connectivity index (χ4v) is 5.18. The topological polar surface area (TPSA) is 55.2 Å². The fourth-order valence-electron chi connectivity index (χ4n) is 4.83. The van der Waals surface area contributed by atoms with Crippen LogP contribution in [-0.2, 0) is 0 Å². The first-order valence-electron chi connectivity index (χ1n) is 11.2. The third-order valence-electron chi connectivity index (χ3n) is 6.41. The number of nitrogens with zero attached hydrogens (tertiary/aromatic N) is 4. The zero-order valence-electron chi connectivity index (χ0n) is 19.7. The maximum absolute atomic E-state index is 5.88. The Hall–Kier alpha value is -3.71. The summed E-state index contributed by atoms with van der Waals surface area (Å²) >= 11 is 5.88. The molecule has 0 saturated carbocycles. The lowest BCUT2D eigenvalue weighted by Crippen LogP contribution is -2.29. The van der Waals surface area contributed by atoms with Gasteiger partial charge in [-0.2, -0.15) is 0 Å². The minimum Gasteiger partial charge on any atom is -0.497 e. The van der Waals surface area contributed by atoms with Crippen molar-refractivity contribution in [2.75, 3.05) is 12.0 Å². The average molecular weight is 470 g/mol. The Kier molecular flexibility index (Phi) is 5.79. The number of aromatic nitrogens is 3. The van der Waals surface area contributed by atoms with E-state index in [9.17, 15) is 0 Å². The van der Waals surface area contributed by atoms with Crippen molar-refractivity contribution in [3.05, 3.63) is 101 Å². The van der Waals surface area contributed by atoms with Gasteiger partial charge in [0.05, 0.1) is 24.9 Å². The predicted octanol–water partition coefficient (Wildman–Crippen LogP) is 5.38. The van der Waals surface area contributed by atoms with Crippen molar-refractivity contribution < 1.29 is 4.74 Å². The Labute approximate surface area is 205 Å². The number of aryl methyl sites for hydroxylation is 2. The van der Waals surface area contributed by atoms with Crippen LogP contribution in [-0.4, -0.2) is 26.8 Å². The highest BCUT2D eigenvalue weighted by Crippen LogP contribution is 2.44. The highest BCUT2D eigenvalue weighted by atomic mass is 32.1. The van der Waals surface area contributed by atoms with Crippen LogP contribution in [0.15, 0.2) is 73.1 Å². The van der Waals surface area contributed by atoms with Crippen LogP contribution in [0.4, 0.5) is 5.69 Å². The molecule has 1 N–H and O–H groups in total. The van der Waals surface area contributed by atoms with E-state index in [2.05, 4.69) is 63.7 Å². The second kappa shape index (κ2) is 8.91. The third kappa shape index (κ3) is 3.72. The average Bonchev–Trinajstić information content (AvgIpc) is 3.35. The molecular weight excluding hydrogens is 442 g/mol. The van der Waals surface area contributed by atoms with Crippen molar-refractivity contribution in [2.24, 2.45) is 0 Å². The maximum atomic E-state index is 5.88. The monoisotopic (exact) mass is 469 g/mol. The smallest absolute Gasteiger partial charge is 0.174 e. The van der Waals surface area contributed by atoms with E-state index in [1.807, 2.05) is 54.9 Å². The highest BCUT2D eigenvalue weighted by Gasteiger charge is 2.42. The molecule has 3 aromatic heterocycles. The zero-order chi connectivity index (χ0) is 23.8. The van der Waals surface area contributed by atoms with E-state index >= 15 is 0 Å². The summed E-state index contributed by atoms with van der Waals surface area (Å²) in [5.74, 6) is 1.73. The van der Waals surface area contributed by atoms with Crippen molar-refractivity contribution in [1.29, 1.82) is 0 Å². The van der Waals surface area contributed by atoms with Gasteiger partial charge in [0.2, 0.25) is 0 Å². The minimum atomic E-state index is -0.112. The second-order valence-electron chi connectivity index (χ2n) is 8.50. The van der Waals surface area contributed by atoms with E-state index in [0.717, 1.165) is 39.9 Å². The van der Waals surface area contributed by atoms with Gasteiger partial charge in [0.15, 0.2) is 5.11 Å². The first-order chi connectivity index (χ1) is 16.5. The summed E-state index contributed by atoms with van der Waals surface area (Å²) in [6, 6.07) is 20.1. The number of hydrogen-bond acceptors (Lipinski definition) is 4. The van der Waals surface area contributed by atoms with Crippen LogP contribution in [0.5, 0.6) is 5.75 Å². The summed E-state index contributed by atoms with van der Waals surface area (Å²) in [6.45, 7) is 6.36. The molecular formula is C27H27N5OS. The second-order valence-corrected chi connectivity index (χ2v) is 8.89. The van der Waals surface area contributed by atoms with Gasteiger partial charge in [0, 0.05) is 35.5 Å². The molecule has 1 saturated heterocycles. The summed E-state index contributed by atoms with van der Waals surface area (Å²) in [7, 11) is 1.68. The number of anilines is 1. The van der Waals surface area contributed by atoms with Gasteiger partial charge in [0.25, 0.3) is 0 Å². The molecule has 0 unspecified atom stereocenters. The molecule has 1 aliphatic rings. The van der Waals surface area contributed by atoms with Gasteiger partial charge in [-0.1, -0.05) is 18.2 Å². The predicted molar refractivity (Wildman–Crippen MR) is 139 cm³/mol. The Balaban J connectivity index is 1.70. The van der Waals surface area contributed by atoms with E-state index < -0.39 is 0 Å². The van der Waals surface area contributed by atoms with Gasteiger partial charge in [-0.15, -0.1) is 0 Å². The van der Waals surface area contributed by atoms with E-state index in [4.69, 9.17) is 17.0 Å². The lowest BCUT2D eigenvalue weighted by Gasteiger charge is -2.28. The van der Waals surface area contributed by atoms with Crippen molar-refractivity contribution >= 4 is 23.0 Å². The lowest BCUT2D eigenvalue weighted by atomic mass is 9.96. The maximum Gasteiger partial charge on any atom is 0.174 e. The van der Waals surface area contributed by atoms with Crippen LogP contribution in [0.2, 0.25) is 0 Å². The molecule has 1 fully saturated rings. The van der Waals surface area contributed by atoms with E-state index in [1.54, 1.807) is 7.11 Å². The Morgan fingerprint density at radius 1 is 0.941 bits per heavy atom. The molecule has 0 spiro atoms. The number of thiocarbonyl (C=S) groups is 1. The molecule has 4 heterocycles. The molecule has 6 nitrogen and oxygen atoms in total. The molecule has 1 aliphatic heterocycles. The van der Waals surface area contributed by atoms with Crippen LogP contribution in [0, 0.1) is 20.8 Å². The molecule has 7 heteroatoms. The molecule has 0 bridgehead atoms. The van der Waals surface area contributed by atoms with Crippen LogP contribution in [0.1, 0.15) is 40.3 Å². The van der Waals surface area contributed by atoms with Crippen molar-refractivity contribution in [2.45, 2.75) is 32.9 Å². The fraction of sp³-hybridized carbons (Fsp3) is 0.222. The van der Waals surface area contributed by atoms with E-state index in [0.29, 0.717) is 5.11 Å². The van der Waals surface area contributed by atoms with E-state index in [-0.39, 0.29) is 12.1 Å². The summed E-state index contributed by atoms with van der Waals surface area (Å²) in [4.78, 5) is 11.5. The summed E-state index contributed by atoms with van der Waals surface area (Å²) < 4.78 is 7.73. The zero-order valence-corrected chi connectivity index (χ0v) is 20.5. The Morgan fingerprint density at radius 3 is 2.50 bits per heavy atom. The first-order valence-corrected chi connectivity index (χ1v) is 11.7. The number of methoxy groups -OCH3 is 1. The van der Waals surface area contributed by atoms with Crippen molar-refractivity contribution in [1.82, 2.24) is 19.9 Å². The van der Waals surface area contributed by atoms with Crippen LogP contribution in [0.25, 0.3) is 5.82 Å². The van der Waals surface area contributed by atoms with Gasteiger partial charge in [-0.3, -0.25) is 4.98 Å². The van der Waals surface area contributed by atoms with Crippen molar-refractivity contribution in [3.8, 4) is 11.6 Å². The van der Waals surface area contributed by atoms with Gasteiger partial charge < -0.3 is 19.5 Å². The first kappa shape index (κ1) is 22.1. The summed E-state index contributed by atoms with van der Waals surface area (Å²) in [5, 5.41) is 4.20. The Bertz CT molecular complexity index is 1350.